The Morgan fingerprint density at radius 2 is 0.640 bits per heavy atom. The van der Waals surface area contributed by atoms with Crippen LogP contribution in [0.1, 0.15) is 49.7 Å². The molecule has 50 heavy (non-hydrogen) atoms. The number of hydrogen-bond donors (Lipinski definition) is 0. The van der Waals surface area contributed by atoms with E-state index in [4.69, 9.17) is 0 Å². The van der Waals surface area contributed by atoms with Crippen LogP contribution in [-0.2, 0) is 12.8 Å². The number of nitrogens with zero attached hydrogens (tertiary/aromatic N) is 2. The minimum atomic E-state index is 1.07. The first-order chi connectivity index (χ1) is 24.1. The van der Waals surface area contributed by atoms with Gasteiger partial charge in [-0.25, -0.2) is 0 Å². The maximum Gasteiger partial charge on any atom is 0.0780 e. The number of quaternary nitrogens is 2. The fourth-order valence-corrected chi connectivity index (χ4v) is 8.18. The Hall–Kier alpha value is -4.24. The van der Waals surface area contributed by atoms with E-state index in [2.05, 4.69) is 151 Å². The van der Waals surface area contributed by atoms with Crippen molar-refractivity contribution in [2.45, 2.75) is 51.4 Å². The molecule has 0 atom stereocenters. The minimum Gasteiger partial charge on any atom is -0.331 e. The molecule has 0 spiro atoms. The Labute approximate surface area is 299 Å². The van der Waals surface area contributed by atoms with Crippen LogP contribution in [0.4, 0.5) is 0 Å². The third-order valence-corrected chi connectivity index (χ3v) is 10.8. The maximum atomic E-state index is 2.35. The first kappa shape index (κ1) is 34.2. The predicted molar refractivity (Wildman–Crippen MR) is 221 cm³/mol. The molecule has 0 saturated carbocycles. The highest BCUT2D eigenvalue weighted by atomic mass is 15.3. The monoisotopic (exact) mass is 660 g/mol. The standard InChI is InChI=1S/2C24H28N/c2*1-25(2,3)17-6-4-5-8-18-11-12-21-14-13-19-9-7-10-20-15-16-22(18)24(21)23(19)20/h2*7,9-16H,4-6,8,17H2,1-3H3/q2*+1. The lowest BCUT2D eigenvalue weighted by Crippen LogP contribution is -2.35. The van der Waals surface area contributed by atoms with Crippen LogP contribution in [0.15, 0.2) is 109 Å². The molecule has 8 aromatic carbocycles. The lowest BCUT2D eigenvalue weighted by Gasteiger charge is -2.23. The summed E-state index contributed by atoms with van der Waals surface area (Å²) in [6.45, 7) is 2.52. The second-order valence-electron chi connectivity index (χ2n) is 16.8. The van der Waals surface area contributed by atoms with E-state index in [1.54, 1.807) is 0 Å². The summed E-state index contributed by atoms with van der Waals surface area (Å²) in [7, 11) is 13.7. The molecule has 0 amide bonds. The van der Waals surface area contributed by atoms with Gasteiger partial charge < -0.3 is 8.97 Å². The van der Waals surface area contributed by atoms with Gasteiger partial charge in [0.05, 0.1) is 55.4 Å². The van der Waals surface area contributed by atoms with Crippen LogP contribution in [0.2, 0.25) is 0 Å². The summed E-state index contributed by atoms with van der Waals surface area (Å²) in [6, 6.07) is 40.9. The van der Waals surface area contributed by atoms with E-state index in [0.29, 0.717) is 0 Å². The average Bonchev–Trinajstić information content (AvgIpc) is 3.09. The lowest BCUT2D eigenvalue weighted by molar-refractivity contribution is -0.870. The van der Waals surface area contributed by atoms with E-state index in [9.17, 15) is 0 Å². The highest BCUT2D eigenvalue weighted by Gasteiger charge is 2.13. The van der Waals surface area contributed by atoms with E-state index < -0.39 is 0 Å². The molecule has 2 heteroatoms. The van der Waals surface area contributed by atoms with E-state index in [0.717, 1.165) is 8.97 Å². The Kier molecular flexibility index (Phi) is 9.70. The number of aryl methyl sites for hydroxylation is 2. The van der Waals surface area contributed by atoms with Gasteiger partial charge in [0.1, 0.15) is 0 Å². The van der Waals surface area contributed by atoms with Crippen molar-refractivity contribution in [3.05, 3.63) is 120 Å². The average molecular weight is 661 g/mol. The van der Waals surface area contributed by atoms with Crippen LogP contribution < -0.4 is 0 Å². The highest BCUT2D eigenvalue weighted by molar-refractivity contribution is 6.24. The van der Waals surface area contributed by atoms with Gasteiger partial charge >= 0.3 is 0 Å². The first-order valence-electron chi connectivity index (χ1n) is 19.0. The molecule has 0 N–H and O–H groups in total. The predicted octanol–water partition coefficient (Wildman–Crippen LogP) is 12.0. The fraction of sp³-hybridized carbons (Fsp3) is 0.333. The molecule has 0 aromatic heterocycles. The summed E-state index contributed by atoms with van der Waals surface area (Å²) in [4.78, 5) is 0. The molecule has 0 aliphatic heterocycles. The normalized spacial score (nSPS) is 12.6. The van der Waals surface area contributed by atoms with Crippen LogP contribution >= 0.6 is 0 Å². The topological polar surface area (TPSA) is 0 Å². The molecule has 0 aliphatic carbocycles. The lowest BCUT2D eigenvalue weighted by atomic mass is 9.90. The SMILES string of the molecule is C[N+](C)(C)CCCCCc1ccc2ccc3cccc4ccc1c2c34.C[N+](C)(C)CCCCCc1ccc2ccc3cccc4ccc1c2c34. The zero-order valence-corrected chi connectivity index (χ0v) is 31.4. The van der Waals surface area contributed by atoms with Crippen molar-refractivity contribution in [1.29, 1.82) is 0 Å². The molecular weight excluding hydrogens is 605 g/mol. The summed E-state index contributed by atoms with van der Waals surface area (Å²) in [6.07, 6.45) is 10.2. The van der Waals surface area contributed by atoms with E-state index in [1.165, 1.54) is 140 Å². The molecule has 8 aromatic rings. The van der Waals surface area contributed by atoms with Crippen molar-refractivity contribution in [1.82, 2.24) is 0 Å². The first-order valence-corrected chi connectivity index (χ1v) is 19.0. The Balaban J connectivity index is 0.000000157. The van der Waals surface area contributed by atoms with Crippen molar-refractivity contribution in [2.24, 2.45) is 0 Å². The Bertz CT molecular complexity index is 2150. The molecule has 256 valence electrons. The van der Waals surface area contributed by atoms with Crippen LogP contribution in [-0.4, -0.2) is 64.3 Å². The van der Waals surface area contributed by atoms with Gasteiger partial charge in [0.15, 0.2) is 0 Å². The largest absolute Gasteiger partial charge is 0.331 e. The molecule has 0 unspecified atom stereocenters. The second kappa shape index (κ2) is 14.2. The molecule has 0 bridgehead atoms. The molecule has 0 radical (unpaired) electrons. The molecule has 2 nitrogen and oxygen atoms in total. The molecule has 0 aliphatic rings. The van der Waals surface area contributed by atoms with Gasteiger partial charge in [0, 0.05) is 0 Å². The second-order valence-corrected chi connectivity index (χ2v) is 16.8. The summed E-state index contributed by atoms with van der Waals surface area (Å²) in [5, 5.41) is 16.9. The van der Waals surface area contributed by atoms with Gasteiger partial charge in [0.2, 0.25) is 0 Å². The van der Waals surface area contributed by atoms with Gasteiger partial charge in [0.25, 0.3) is 0 Å². The van der Waals surface area contributed by atoms with E-state index >= 15 is 0 Å². The zero-order valence-electron chi connectivity index (χ0n) is 31.4. The van der Waals surface area contributed by atoms with Crippen LogP contribution in [0, 0.1) is 0 Å². The van der Waals surface area contributed by atoms with Gasteiger partial charge in [-0.05, 0) is 127 Å². The number of hydrogen-bond acceptors (Lipinski definition) is 0. The molecule has 0 heterocycles. The van der Waals surface area contributed by atoms with Crippen molar-refractivity contribution >= 4 is 64.6 Å². The third-order valence-electron chi connectivity index (χ3n) is 10.8. The van der Waals surface area contributed by atoms with Crippen molar-refractivity contribution in [3.63, 3.8) is 0 Å². The van der Waals surface area contributed by atoms with Crippen LogP contribution in [0.3, 0.4) is 0 Å². The quantitative estimate of drug-likeness (QED) is 0.0695. The third kappa shape index (κ3) is 7.43. The minimum absolute atomic E-state index is 1.07. The zero-order chi connectivity index (χ0) is 34.9. The summed E-state index contributed by atoms with van der Waals surface area (Å²) < 4.78 is 2.14. The van der Waals surface area contributed by atoms with Gasteiger partial charge in [-0.1, -0.05) is 109 Å². The van der Waals surface area contributed by atoms with Crippen molar-refractivity contribution in [2.75, 3.05) is 55.4 Å². The van der Waals surface area contributed by atoms with Crippen LogP contribution in [0.5, 0.6) is 0 Å². The fourth-order valence-electron chi connectivity index (χ4n) is 8.18. The van der Waals surface area contributed by atoms with Gasteiger partial charge in [-0.3, -0.25) is 0 Å². The molecule has 0 saturated heterocycles. The summed E-state index contributed by atoms with van der Waals surface area (Å²) in [5.74, 6) is 0. The van der Waals surface area contributed by atoms with E-state index in [-0.39, 0.29) is 0 Å². The van der Waals surface area contributed by atoms with Gasteiger partial charge in [-0.15, -0.1) is 0 Å². The number of rotatable bonds is 12. The Morgan fingerprint density at radius 3 is 1.00 bits per heavy atom. The highest BCUT2D eigenvalue weighted by Crippen LogP contribution is 2.37. The van der Waals surface area contributed by atoms with E-state index in [1.807, 2.05) is 0 Å². The van der Waals surface area contributed by atoms with Crippen LogP contribution in [0.25, 0.3) is 64.6 Å². The molecule has 0 fully saturated rings. The van der Waals surface area contributed by atoms with Gasteiger partial charge in [-0.2, -0.15) is 0 Å². The molecule has 8 rings (SSSR count). The Morgan fingerprint density at radius 1 is 0.320 bits per heavy atom. The summed E-state index contributed by atoms with van der Waals surface area (Å²) in [5.41, 5.74) is 3.02. The number of unbranched alkanes of at least 4 members (excludes halogenated alkanes) is 4. The maximum absolute atomic E-state index is 2.35. The van der Waals surface area contributed by atoms with Crippen molar-refractivity contribution < 1.29 is 8.97 Å². The van der Waals surface area contributed by atoms with Crippen molar-refractivity contribution in [3.8, 4) is 0 Å². The number of benzene rings is 8. The molecular formula is C48H56N2+2. The summed E-state index contributed by atoms with van der Waals surface area (Å²) >= 11 is 0. The smallest absolute Gasteiger partial charge is 0.0780 e.